The van der Waals surface area contributed by atoms with Gasteiger partial charge in [0, 0.05) is 45.1 Å². The summed E-state index contributed by atoms with van der Waals surface area (Å²) in [4.78, 5) is 25.6. The fourth-order valence-electron chi connectivity index (χ4n) is 3.75. The van der Waals surface area contributed by atoms with Crippen LogP contribution in [-0.4, -0.2) is 66.6 Å². The number of nitrogens with one attached hydrogen (secondary N) is 1. The topological polar surface area (TPSA) is 88.1 Å². The number of benzene rings is 1. The minimum atomic E-state index is -0.852. The number of hydrogen-bond donors (Lipinski definition) is 2. The van der Waals surface area contributed by atoms with Gasteiger partial charge < -0.3 is 24.8 Å². The van der Waals surface area contributed by atoms with E-state index in [-0.39, 0.29) is 24.1 Å². The normalized spacial score (nSPS) is 20.2. The van der Waals surface area contributed by atoms with E-state index in [4.69, 9.17) is 14.6 Å². The van der Waals surface area contributed by atoms with Gasteiger partial charge in [-0.15, -0.1) is 0 Å². The van der Waals surface area contributed by atoms with E-state index in [0.29, 0.717) is 45.8 Å². The van der Waals surface area contributed by atoms with Gasteiger partial charge in [-0.3, -0.25) is 4.79 Å². The molecule has 7 heteroatoms. The molecule has 2 saturated heterocycles. The Balaban J connectivity index is 1.61. The Kier molecular flexibility index (Phi) is 6.68. The average molecular weight is 376 g/mol. The van der Waals surface area contributed by atoms with Crippen molar-refractivity contribution in [3.63, 3.8) is 0 Å². The number of carboxylic acid groups (broad SMARTS) is 1. The fourth-order valence-corrected chi connectivity index (χ4v) is 3.75. The monoisotopic (exact) mass is 376 g/mol. The second kappa shape index (κ2) is 9.19. The van der Waals surface area contributed by atoms with Crippen LogP contribution in [0.3, 0.4) is 0 Å². The highest BCUT2D eigenvalue weighted by Gasteiger charge is 2.40. The van der Waals surface area contributed by atoms with Crippen molar-refractivity contribution < 1.29 is 24.2 Å². The van der Waals surface area contributed by atoms with Crippen molar-refractivity contribution in [1.29, 1.82) is 0 Å². The van der Waals surface area contributed by atoms with Crippen LogP contribution >= 0.6 is 0 Å². The highest BCUT2D eigenvalue weighted by Crippen LogP contribution is 2.29. The summed E-state index contributed by atoms with van der Waals surface area (Å²) in [6, 6.07) is 9.46. The molecule has 3 rings (SSSR count). The van der Waals surface area contributed by atoms with Crippen molar-refractivity contribution in [2.24, 2.45) is 0 Å². The van der Waals surface area contributed by atoms with Crippen molar-refractivity contribution in [2.45, 2.75) is 43.7 Å². The lowest BCUT2D eigenvalue weighted by Crippen LogP contribution is -2.58. The number of carbonyl (C=O) groups excluding carboxylic acids is 1. The second-order valence-electron chi connectivity index (χ2n) is 7.33. The zero-order valence-electron chi connectivity index (χ0n) is 15.6. The summed E-state index contributed by atoms with van der Waals surface area (Å²) in [7, 11) is 0. The predicted molar refractivity (Wildman–Crippen MR) is 99.6 cm³/mol. The number of urea groups is 1. The van der Waals surface area contributed by atoms with E-state index >= 15 is 0 Å². The molecule has 27 heavy (non-hydrogen) atoms. The van der Waals surface area contributed by atoms with Crippen molar-refractivity contribution >= 4 is 12.0 Å². The molecule has 1 aromatic rings. The first-order valence-electron chi connectivity index (χ1n) is 9.59. The minimum Gasteiger partial charge on any atom is -0.481 e. The molecule has 2 fully saturated rings. The fraction of sp³-hybridized carbons (Fsp3) is 0.600. The van der Waals surface area contributed by atoms with E-state index in [1.165, 1.54) is 0 Å². The Morgan fingerprint density at radius 3 is 2.63 bits per heavy atom. The molecule has 2 amide bonds. The summed E-state index contributed by atoms with van der Waals surface area (Å²) in [6.45, 7) is 2.94. The number of ether oxygens (including phenoxy) is 2. The van der Waals surface area contributed by atoms with E-state index in [2.05, 4.69) is 5.32 Å². The molecule has 2 aliphatic rings. The number of amides is 2. The van der Waals surface area contributed by atoms with Crippen LogP contribution in [0.5, 0.6) is 0 Å². The van der Waals surface area contributed by atoms with E-state index < -0.39 is 5.97 Å². The molecule has 148 valence electrons. The quantitative estimate of drug-likeness (QED) is 0.793. The molecule has 0 aromatic heterocycles. The zero-order chi connectivity index (χ0) is 19.1. The molecule has 2 heterocycles. The van der Waals surface area contributed by atoms with Gasteiger partial charge in [0.05, 0.1) is 18.8 Å². The zero-order valence-corrected chi connectivity index (χ0v) is 15.6. The van der Waals surface area contributed by atoms with Crippen molar-refractivity contribution in [3.8, 4) is 0 Å². The first-order chi connectivity index (χ1) is 13.1. The average Bonchev–Trinajstić information content (AvgIpc) is 2.67. The summed E-state index contributed by atoms with van der Waals surface area (Å²) in [5.41, 5.74) is 0.778. The molecular weight excluding hydrogens is 348 g/mol. The molecule has 0 saturated carbocycles. The molecule has 7 nitrogen and oxygen atoms in total. The highest BCUT2D eigenvalue weighted by molar-refractivity contribution is 5.75. The molecule has 2 aliphatic heterocycles. The predicted octanol–water partition coefficient (Wildman–Crippen LogP) is 2.05. The van der Waals surface area contributed by atoms with Crippen LogP contribution in [0.2, 0.25) is 0 Å². The van der Waals surface area contributed by atoms with Crippen LogP contribution in [0.4, 0.5) is 4.79 Å². The van der Waals surface area contributed by atoms with Gasteiger partial charge in [0.2, 0.25) is 0 Å². The van der Waals surface area contributed by atoms with E-state index in [1.54, 1.807) is 4.90 Å². The molecule has 0 aliphatic carbocycles. The molecular formula is C20H28N2O5. The molecule has 1 aromatic carbocycles. The Bertz CT molecular complexity index is 625. The molecule has 2 N–H and O–H groups in total. The molecule has 1 unspecified atom stereocenters. The van der Waals surface area contributed by atoms with E-state index in [0.717, 1.165) is 18.4 Å². The van der Waals surface area contributed by atoms with Crippen molar-refractivity contribution in [3.05, 3.63) is 35.9 Å². The molecule has 0 radical (unpaired) electrons. The van der Waals surface area contributed by atoms with Gasteiger partial charge in [-0.05, 0) is 18.4 Å². The second-order valence-corrected chi connectivity index (χ2v) is 7.33. The summed E-state index contributed by atoms with van der Waals surface area (Å²) in [6.07, 6.45) is 2.64. The maximum atomic E-state index is 12.8. The van der Waals surface area contributed by atoms with Crippen molar-refractivity contribution in [2.75, 3.05) is 32.9 Å². The Morgan fingerprint density at radius 2 is 1.93 bits per heavy atom. The van der Waals surface area contributed by atoms with Crippen LogP contribution in [0, 0.1) is 0 Å². The number of nitrogens with zero attached hydrogens (tertiary/aromatic N) is 1. The number of carboxylic acids is 1. The number of rotatable bonds is 6. The van der Waals surface area contributed by atoms with Crippen LogP contribution in [0.1, 0.15) is 31.2 Å². The number of hydrogen-bond acceptors (Lipinski definition) is 4. The van der Waals surface area contributed by atoms with Crippen LogP contribution < -0.4 is 5.32 Å². The number of carbonyl (C=O) groups is 2. The number of morpholine rings is 1. The summed E-state index contributed by atoms with van der Waals surface area (Å²) >= 11 is 0. The maximum absolute atomic E-state index is 12.8. The van der Waals surface area contributed by atoms with Gasteiger partial charge >= 0.3 is 12.0 Å². The van der Waals surface area contributed by atoms with Gasteiger partial charge in [0.25, 0.3) is 0 Å². The lowest BCUT2D eigenvalue weighted by atomic mass is 9.92. The lowest BCUT2D eigenvalue weighted by molar-refractivity contribution is -0.145. The van der Waals surface area contributed by atoms with Gasteiger partial charge in [-0.1, -0.05) is 30.3 Å². The first kappa shape index (κ1) is 19.6. The molecule has 1 spiro atoms. The SMILES string of the molecule is O=C(O)CCC(Cc1ccccc1)NC(=O)N1CCOC2(CCOCC2)C1. The molecule has 1 atom stereocenters. The van der Waals surface area contributed by atoms with Gasteiger partial charge in [0.15, 0.2) is 0 Å². The third kappa shape index (κ3) is 5.68. The number of aliphatic carboxylic acids is 1. The highest BCUT2D eigenvalue weighted by atomic mass is 16.5. The summed E-state index contributed by atoms with van der Waals surface area (Å²) < 4.78 is 11.4. The third-order valence-corrected chi connectivity index (χ3v) is 5.30. The summed E-state index contributed by atoms with van der Waals surface area (Å²) in [5, 5.41) is 12.1. The van der Waals surface area contributed by atoms with E-state index in [1.807, 2.05) is 30.3 Å². The van der Waals surface area contributed by atoms with Crippen LogP contribution in [0.15, 0.2) is 30.3 Å². The minimum absolute atomic E-state index is 0.0299. The van der Waals surface area contributed by atoms with Crippen molar-refractivity contribution in [1.82, 2.24) is 10.2 Å². The van der Waals surface area contributed by atoms with Crippen LogP contribution in [0.25, 0.3) is 0 Å². The smallest absolute Gasteiger partial charge is 0.317 e. The Hall–Kier alpha value is -2.12. The third-order valence-electron chi connectivity index (χ3n) is 5.30. The van der Waals surface area contributed by atoms with Gasteiger partial charge in [-0.2, -0.15) is 0 Å². The molecule has 0 bridgehead atoms. The van der Waals surface area contributed by atoms with Gasteiger partial charge in [-0.25, -0.2) is 4.79 Å². The lowest BCUT2D eigenvalue weighted by Gasteiger charge is -2.44. The maximum Gasteiger partial charge on any atom is 0.317 e. The Labute approximate surface area is 159 Å². The first-order valence-corrected chi connectivity index (χ1v) is 9.59. The van der Waals surface area contributed by atoms with Crippen LogP contribution in [-0.2, 0) is 20.7 Å². The summed E-state index contributed by atoms with van der Waals surface area (Å²) in [5.74, 6) is -0.852. The largest absolute Gasteiger partial charge is 0.481 e. The van der Waals surface area contributed by atoms with Gasteiger partial charge in [0.1, 0.15) is 0 Å². The standard InChI is InChI=1S/C20H28N2O5/c23-18(24)7-6-17(14-16-4-2-1-3-5-16)21-19(25)22-10-13-27-20(15-22)8-11-26-12-9-20/h1-5,17H,6-15H2,(H,21,25)(H,23,24). The van der Waals surface area contributed by atoms with E-state index in [9.17, 15) is 9.59 Å². The Morgan fingerprint density at radius 1 is 1.19 bits per heavy atom.